The van der Waals surface area contributed by atoms with Gasteiger partial charge in [0, 0.05) is 17.3 Å². The number of primary amides is 1. The van der Waals surface area contributed by atoms with Crippen molar-refractivity contribution in [2.24, 2.45) is 5.73 Å². The Hall–Kier alpha value is -3.87. The number of carbonyl (C=O) groups excluding carboxylic acids is 1. The molecule has 0 aliphatic carbocycles. The summed E-state index contributed by atoms with van der Waals surface area (Å²) in [5.41, 5.74) is 8.69. The SMILES string of the molecule is NC(=O)Cc1cn(-c2cccc(C(F)(F)F)c2)nc1-c1ccc(-c2ccccc2)cc1. The van der Waals surface area contributed by atoms with E-state index in [2.05, 4.69) is 5.10 Å². The molecule has 1 aromatic heterocycles. The Labute approximate surface area is 176 Å². The van der Waals surface area contributed by atoms with E-state index >= 15 is 0 Å². The van der Waals surface area contributed by atoms with Crippen LogP contribution in [0.15, 0.2) is 85.1 Å². The molecule has 0 fully saturated rings. The van der Waals surface area contributed by atoms with Crippen molar-refractivity contribution in [1.82, 2.24) is 9.78 Å². The molecule has 2 N–H and O–H groups in total. The number of nitrogens with two attached hydrogens (primary N) is 1. The molecule has 1 amide bonds. The van der Waals surface area contributed by atoms with Crippen LogP contribution in [0.25, 0.3) is 28.1 Å². The van der Waals surface area contributed by atoms with Gasteiger partial charge in [0.15, 0.2) is 0 Å². The van der Waals surface area contributed by atoms with Crippen LogP contribution in [0.2, 0.25) is 0 Å². The molecule has 0 bridgehead atoms. The van der Waals surface area contributed by atoms with Gasteiger partial charge in [0.2, 0.25) is 5.91 Å². The van der Waals surface area contributed by atoms with Crippen LogP contribution in [0, 0.1) is 0 Å². The number of carbonyl (C=O) groups is 1. The van der Waals surface area contributed by atoms with Gasteiger partial charge in [-0.3, -0.25) is 4.79 Å². The van der Waals surface area contributed by atoms with Crippen LogP contribution in [-0.2, 0) is 17.4 Å². The molecule has 156 valence electrons. The third kappa shape index (κ3) is 4.50. The summed E-state index contributed by atoms with van der Waals surface area (Å²) < 4.78 is 40.6. The average Bonchev–Trinajstić information content (AvgIpc) is 3.17. The predicted octanol–water partition coefficient (Wildman–Crippen LogP) is 5.25. The molecule has 4 aromatic rings. The first kappa shape index (κ1) is 20.4. The Bertz CT molecular complexity index is 1210. The minimum absolute atomic E-state index is 0.0747. The second-order valence-corrected chi connectivity index (χ2v) is 7.08. The number of nitrogens with zero attached hydrogens (tertiary/aromatic N) is 2. The molecule has 1 heterocycles. The van der Waals surface area contributed by atoms with Gasteiger partial charge in [-0.15, -0.1) is 0 Å². The fraction of sp³-hybridized carbons (Fsp3) is 0.0833. The zero-order valence-corrected chi connectivity index (χ0v) is 16.3. The molecule has 0 spiro atoms. The standard InChI is InChI=1S/C24H18F3N3O/c25-24(26,27)20-7-4-8-21(14-20)30-15-19(13-22(28)31)23(29-30)18-11-9-17(10-12-18)16-5-2-1-3-6-16/h1-12,14-15H,13H2,(H2,28,31). The topological polar surface area (TPSA) is 60.9 Å². The maximum atomic E-state index is 13.1. The van der Waals surface area contributed by atoms with E-state index in [1.54, 1.807) is 6.20 Å². The van der Waals surface area contributed by atoms with Crippen LogP contribution in [0.1, 0.15) is 11.1 Å². The Kier molecular flexibility index (Phi) is 5.33. The highest BCUT2D eigenvalue weighted by Gasteiger charge is 2.30. The fourth-order valence-electron chi connectivity index (χ4n) is 3.38. The lowest BCUT2D eigenvalue weighted by Gasteiger charge is -2.08. The number of hydrogen-bond acceptors (Lipinski definition) is 2. The minimum atomic E-state index is -4.46. The maximum Gasteiger partial charge on any atom is 0.416 e. The van der Waals surface area contributed by atoms with Gasteiger partial charge < -0.3 is 5.73 Å². The van der Waals surface area contributed by atoms with Crippen molar-refractivity contribution < 1.29 is 18.0 Å². The summed E-state index contributed by atoms with van der Waals surface area (Å²) in [6.45, 7) is 0. The molecule has 0 saturated heterocycles. The molecule has 0 unspecified atom stereocenters. The van der Waals surface area contributed by atoms with Crippen molar-refractivity contribution in [2.75, 3.05) is 0 Å². The molecule has 4 rings (SSSR count). The third-order valence-electron chi connectivity index (χ3n) is 4.86. The number of benzene rings is 3. The number of alkyl halides is 3. The van der Waals surface area contributed by atoms with Gasteiger partial charge in [0.1, 0.15) is 0 Å². The molecular weight excluding hydrogens is 403 g/mol. The van der Waals surface area contributed by atoms with E-state index in [-0.39, 0.29) is 12.1 Å². The molecule has 0 radical (unpaired) electrons. The molecule has 0 aliphatic rings. The first-order valence-electron chi connectivity index (χ1n) is 9.51. The monoisotopic (exact) mass is 421 g/mol. The lowest BCUT2D eigenvalue weighted by Crippen LogP contribution is -2.13. The number of aromatic nitrogens is 2. The second kappa shape index (κ2) is 8.10. The second-order valence-electron chi connectivity index (χ2n) is 7.08. The van der Waals surface area contributed by atoms with Crippen molar-refractivity contribution in [3.63, 3.8) is 0 Å². The summed E-state index contributed by atoms with van der Waals surface area (Å²) in [5.74, 6) is -0.550. The Morgan fingerprint density at radius 1 is 0.871 bits per heavy atom. The van der Waals surface area contributed by atoms with Crippen molar-refractivity contribution in [1.29, 1.82) is 0 Å². The van der Waals surface area contributed by atoms with Crippen LogP contribution in [-0.4, -0.2) is 15.7 Å². The fourth-order valence-corrected chi connectivity index (χ4v) is 3.38. The first-order chi connectivity index (χ1) is 14.8. The van der Waals surface area contributed by atoms with Gasteiger partial charge in [-0.2, -0.15) is 18.3 Å². The van der Waals surface area contributed by atoms with Crippen molar-refractivity contribution in [2.45, 2.75) is 12.6 Å². The number of halogens is 3. The quantitative estimate of drug-likeness (QED) is 0.478. The number of hydrogen-bond donors (Lipinski definition) is 1. The molecule has 0 atom stereocenters. The summed E-state index contributed by atoms with van der Waals surface area (Å²) in [4.78, 5) is 11.6. The molecule has 0 aliphatic heterocycles. The van der Waals surface area contributed by atoms with E-state index in [1.165, 1.54) is 16.8 Å². The smallest absolute Gasteiger partial charge is 0.369 e. The number of rotatable bonds is 5. The summed E-state index contributed by atoms with van der Waals surface area (Å²) in [6, 6.07) is 22.3. The van der Waals surface area contributed by atoms with Crippen molar-refractivity contribution in [3.05, 3.63) is 96.2 Å². The molecule has 31 heavy (non-hydrogen) atoms. The zero-order valence-electron chi connectivity index (χ0n) is 16.3. The van der Waals surface area contributed by atoms with Gasteiger partial charge in [0.05, 0.1) is 23.4 Å². The first-order valence-corrected chi connectivity index (χ1v) is 9.51. The summed E-state index contributed by atoms with van der Waals surface area (Å²) in [6.07, 6.45) is -3.00. The predicted molar refractivity (Wildman–Crippen MR) is 112 cm³/mol. The van der Waals surface area contributed by atoms with Gasteiger partial charge in [-0.1, -0.05) is 60.7 Å². The van der Waals surface area contributed by atoms with Gasteiger partial charge in [0.25, 0.3) is 0 Å². The zero-order chi connectivity index (χ0) is 22.0. The van der Waals surface area contributed by atoms with Crippen LogP contribution in [0.3, 0.4) is 0 Å². The van der Waals surface area contributed by atoms with Gasteiger partial charge >= 0.3 is 6.18 Å². The lowest BCUT2D eigenvalue weighted by molar-refractivity contribution is -0.137. The maximum absolute atomic E-state index is 13.1. The minimum Gasteiger partial charge on any atom is -0.369 e. The van der Waals surface area contributed by atoms with Crippen LogP contribution < -0.4 is 5.73 Å². The van der Waals surface area contributed by atoms with Crippen LogP contribution in [0.5, 0.6) is 0 Å². The highest BCUT2D eigenvalue weighted by molar-refractivity contribution is 5.80. The summed E-state index contributed by atoms with van der Waals surface area (Å²) >= 11 is 0. The lowest BCUT2D eigenvalue weighted by atomic mass is 10.0. The third-order valence-corrected chi connectivity index (χ3v) is 4.86. The van der Waals surface area contributed by atoms with Crippen molar-refractivity contribution >= 4 is 5.91 Å². The van der Waals surface area contributed by atoms with Gasteiger partial charge in [-0.25, -0.2) is 4.68 Å². The number of amides is 1. The van der Waals surface area contributed by atoms with Crippen LogP contribution in [0.4, 0.5) is 13.2 Å². The van der Waals surface area contributed by atoms with Crippen LogP contribution >= 0.6 is 0 Å². The van der Waals surface area contributed by atoms with E-state index < -0.39 is 17.6 Å². The van der Waals surface area contributed by atoms with Gasteiger partial charge in [-0.05, 0) is 29.3 Å². The molecule has 7 heteroatoms. The van der Waals surface area contributed by atoms with E-state index in [0.717, 1.165) is 28.8 Å². The Balaban J connectivity index is 1.74. The highest BCUT2D eigenvalue weighted by Crippen LogP contribution is 2.31. The molecule has 0 saturated carbocycles. The molecule has 4 nitrogen and oxygen atoms in total. The highest BCUT2D eigenvalue weighted by atomic mass is 19.4. The van der Waals surface area contributed by atoms with E-state index in [0.29, 0.717) is 11.3 Å². The molecular formula is C24H18F3N3O. The largest absolute Gasteiger partial charge is 0.416 e. The Morgan fingerprint density at radius 2 is 1.52 bits per heavy atom. The Morgan fingerprint density at radius 3 is 2.16 bits per heavy atom. The van der Waals surface area contributed by atoms with E-state index in [4.69, 9.17) is 5.73 Å². The average molecular weight is 421 g/mol. The summed E-state index contributed by atoms with van der Waals surface area (Å²) in [7, 11) is 0. The molecule has 3 aromatic carbocycles. The summed E-state index contributed by atoms with van der Waals surface area (Å²) in [5, 5.41) is 4.47. The van der Waals surface area contributed by atoms with E-state index in [1.807, 2.05) is 54.6 Å². The normalized spacial score (nSPS) is 11.5. The van der Waals surface area contributed by atoms with E-state index in [9.17, 15) is 18.0 Å². The van der Waals surface area contributed by atoms with Crippen molar-refractivity contribution in [3.8, 4) is 28.1 Å².